The zero-order valence-electron chi connectivity index (χ0n) is 16.1. The summed E-state index contributed by atoms with van der Waals surface area (Å²) in [4.78, 5) is 21.0. The molecule has 0 spiro atoms. The highest BCUT2D eigenvalue weighted by Crippen LogP contribution is 2.33. The molecule has 0 saturated carbocycles. The van der Waals surface area contributed by atoms with Crippen molar-refractivity contribution in [2.45, 2.75) is 19.9 Å². The fourth-order valence-corrected chi connectivity index (χ4v) is 3.52. The van der Waals surface area contributed by atoms with E-state index in [1.165, 1.54) is 0 Å². The van der Waals surface area contributed by atoms with E-state index in [1.54, 1.807) is 24.7 Å². The zero-order chi connectivity index (χ0) is 20.2. The number of hydrogen-bond acceptors (Lipinski definition) is 3. The number of hydrogen-bond donors (Lipinski definition) is 1. The van der Waals surface area contributed by atoms with Crippen LogP contribution in [0.5, 0.6) is 0 Å². The Morgan fingerprint density at radius 1 is 0.966 bits per heavy atom. The minimum atomic E-state index is -0.951. The monoisotopic (exact) mass is 383 g/mol. The van der Waals surface area contributed by atoms with E-state index in [2.05, 4.69) is 9.97 Å². The van der Waals surface area contributed by atoms with Gasteiger partial charge in [-0.1, -0.05) is 54.6 Å². The summed E-state index contributed by atoms with van der Waals surface area (Å²) in [6, 6.07) is 20.9. The Hall–Kier alpha value is -3.73. The highest BCUT2D eigenvalue weighted by molar-refractivity contribution is 5.97. The molecule has 0 bridgehead atoms. The Kier molecular flexibility index (Phi) is 5.20. The van der Waals surface area contributed by atoms with Crippen molar-refractivity contribution < 1.29 is 9.90 Å². The fourth-order valence-electron chi connectivity index (χ4n) is 3.52. The van der Waals surface area contributed by atoms with Crippen molar-refractivity contribution in [3.05, 3.63) is 96.1 Å². The second-order valence-corrected chi connectivity index (χ2v) is 6.87. The van der Waals surface area contributed by atoms with Crippen LogP contribution in [0.1, 0.15) is 21.6 Å². The molecule has 0 unspecified atom stereocenters. The van der Waals surface area contributed by atoms with E-state index in [-0.39, 0.29) is 5.56 Å². The third-order valence-corrected chi connectivity index (χ3v) is 5.00. The predicted octanol–water partition coefficient (Wildman–Crippen LogP) is 4.86. The second kappa shape index (κ2) is 8.10. The summed E-state index contributed by atoms with van der Waals surface area (Å²) in [6.07, 6.45) is 4.32. The van der Waals surface area contributed by atoms with E-state index in [9.17, 15) is 9.90 Å². The molecule has 2 heterocycles. The topological polar surface area (TPSA) is 68.0 Å². The highest BCUT2D eigenvalue weighted by atomic mass is 16.4. The van der Waals surface area contributed by atoms with Crippen molar-refractivity contribution in [2.75, 3.05) is 0 Å². The van der Waals surface area contributed by atoms with Gasteiger partial charge in [-0.25, -0.2) is 9.78 Å². The number of aromatic nitrogens is 3. The summed E-state index contributed by atoms with van der Waals surface area (Å²) in [7, 11) is 0. The normalized spacial score (nSPS) is 10.8. The lowest BCUT2D eigenvalue weighted by molar-refractivity contribution is 0.0697. The van der Waals surface area contributed by atoms with Crippen LogP contribution in [0.3, 0.4) is 0 Å². The van der Waals surface area contributed by atoms with Gasteiger partial charge in [0.25, 0.3) is 0 Å². The molecule has 0 amide bonds. The largest absolute Gasteiger partial charge is 0.478 e. The van der Waals surface area contributed by atoms with Crippen molar-refractivity contribution in [2.24, 2.45) is 0 Å². The molecular weight excluding hydrogens is 362 g/mol. The lowest BCUT2D eigenvalue weighted by Gasteiger charge is -2.13. The highest BCUT2D eigenvalue weighted by Gasteiger charge is 2.20. The Balaban J connectivity index is 1.82. The molecule has 0 aliphatic heterocycles. The molecule has 5 heteroatoms. The maximum absolute atomic E-state index is 11.9. The Labute approximate surface area is 169 Å². The van der Waals surface area contributed by atoms with Crippen molar-refractivity contribution in [1.29, 1.82) is 0 Å². The number of rotatable bonds is 6. The third-order valence-electron chi connectivity index (χ3n) is 5.00. The quantitative estimate of drug-likeness (QED) is 0.516. The van der Waals surface area contributed by atoms with Gasteiger partial charge in [-0.3, -0.25) is 4.98 Å². The molecule has 0 fully saturated rings. The van der Waals surface area contributed by atoms with E-state index < -0.39 is 5.97 Å². The van der Waals surface area contributed by atoms with Crippen LogP contribution in [0.2, 0.25) is 0 Å². The molecule has 0 aliphatic rings. The number of nitrogens with zero attached hydrogens (tertiary/aromatic N) is 3. The van der Waals surface area contributed by atoms with Crippen LogP contribution in [0.15, 0.2) is 79.3 Å². The van der Waals surface area contributed by atoms with Crippen LogP contribution in [0, 0.1) is 6.92 Å². The number of aromatic carboxylic acids is 1. The number of carbonyl (C=O) groups is 1. The van der Waals surface area contributed by atoms with E-state index in [0.717, 1.165) is 34.6 Å². The van der Waals surface area contributed by atoms with Gasteiger partial charge in [0, 0.05) is 36.0 Å². The maximum Gasteiger partial charge on any atom is 0.336 e. The summed E-state index contributed by atoms with van der Waals surface area (Å²) < 4.78 is 2.03. The summed E-state index contributed by atoms with van der Waals surface area (Å²) in [5, 5.41) is 9.72. The first kappa shape index (κ1) is 18.6. The van der Waals surface area contributed by atoms with Crippen LogP contribution in [0.4, 0.5) is 0 Å². The van der Waals surface area contributed by atoms with Gasteiger partial charge in [-0.15, -0.1) is 0 Å². The molecule has 1 N–H and O–H groups in total. The average Bonchev–Trinajstić information content (AvgIpc) is 3.17. The number of aryl methyl sites for hydroxylation is 3. The van der Waals surface area contributed by atoms with Gasteiger partial charge in [0.1, 0.15) is 0 Å². The smallest absolute Gasteiger partial charge is 0.336 e. The van der Waals surface area contributed by atoms with Gasteiger partial charge in [-0.05, 0) is 24.6 Å². The summed E-state index contributed by atoms with van der Waals surface area (Å²) in [5.41, 5.74) is 5.63. The van der Waals surface area contributed by atoms with Gasteiger partial charge >= 0.3 is 5.97 Å². The maximum atomic E-state index is 11.9. The van der Waals surface area contributed by atoms with E-state index in [4.69, 9.17) is 0 Å². The first-order valence-electron chi connectivity index (χ1n) is 9.49. The molecule has 0 radical (unpaired) electrons. The average molecular weight is 383 g/mol. The SMILES string of the molecule is Cc1cccnc1CCn1cnc(-c2ccccc2)c1-c1ccccc1C(=O)O. The predicted molar refractivity (Wildman–Crippen MR) is 113 cm³/mol. The number of carboxylic acids is 1. The number of benzene rings is 2. The number of carboxylic acid groups (broad SMARTS) is 1. The molecule has 2 aromatic heterocycles. The van der Waals surface area contributed by atoms with Gasteiger partial charge < -0.3 is 9.67 Å². The van der Waals surface area contributed by atoms with Crippen molar-refractivity contribution in [1.82, 2.24) is 14.5 Å². The first-order valence-corrected chi connectivity index (χ1v) is 9.49. The molecule has 0 aliphatic carbocycles. The summed E-state index contributed by atoms with van der Waals surface area (Å²) >= 11 is 0. The van der Waals surface area contributed by atoms with Crippen LogP contribution in [-0.2, 0) is 13.0 Å². The molecule has 29 heavy (non-hydrogen) atoms. The summed E-state index contributed by atoms with van der Waals surface area (Å²) in [6.45, 7) is 2.70. The van der Waals surface area contributed by atoms with Gasteiger partial charge in [-0.2, -0.15) is 0 Å². The van der Waals surface area contributed by atoms with Crippen LogP contribution >= 0.6 is 0 Å². The van der Waals surface area contributed by atoms with Gasteiger partial charge in [0.05, 0.1) is 23.3 Å². The van der Waals surface area contributed by atoms with Crippen molar-refractivity contribution in [3.63, 3.8) is 0 Å². The minimum Gasteiger partial charge on any atom is -0.478 e. The molecule has 4 aromatic rings. The zero-order valence-corrected chi connectivity index (χ0v) is 16.1. The molecular formula is C24H21N3O2. The molecule has 144 valence electrons. The standard InChI is InChI=1S/C24H21N3O2/c1-17-8-7-14-25-21(17)13-15-27-16-26-22(18-9-3-2-4-10-18)23(27)19-11-5-6-12-20(19)24(28)29/h2-12,14,16H,13,15H2,1H3,(H,28,29). The van der Waals surface area contributed by atoms with Crippen LogP contribution in [0.25, 0.3) is 22.5 Å². The molecule has 0 atom stereocenters. The van der Waals surface area contributed by atoms with E-state index in [1.807, 2.05) is 66.1 Å². The van der Waals surface area contributed by atoms with Crippen molar-refractivity contribution in [3.8, 4) is 22.5 Å². The lowest BCUT2D eigenvalue weighted by atomic mass is 10.00. The Morgan fingerprint density at radius 3 is 2.48 bits per heavy atom. The number of pyridine rings is 1. The Morgan fingerprint density at radius 2 is 1.72 bits per heavy atom. The lowest BCUT2D eigenvalue weighted by Crippen LogP contribution is -2.07. The molecule has 2 aromatic carbocycles. The fraction of sp³-hybridized carbons (Fsp3) is 0.125. The van der Waals surface area contributed by atoms with Gasteiger partial charge in [0.2, 0.25) is 0 Å². The first-order chi connectivity index (χ1) is 14.1. The van der Waals surface area contributed by atoms with E-state index in [0.29, 0.717) is 12.1 Å². The minimum absolute atomic E-state index is 0.264. The molecule has 5 nitrogen and oxygen atoms in total. The molecule has 4 rings (SSSR count). The van der Waals surface area contributed by atoms with Crippen LogP contribution in [-0.4, -0.2) is 25.6 Å². The van der Waals surface area contributed by atoms with Crippen LogP contribution < -0.4 is 0 Å². The second-order valence-electron chi connectivity index (χ2n) is 6.87. The summed E-state index contributed by atoms with van der Waals surface area (Å²) in [5.74, 6) is -0.951. The number of imidazole rings is 1. The van der Waals surface area contributed by atoms with E-state index >= 15 is 0 Å². The molecule has 0 saturated heterocycles. The third kappa shape index (κ3) is 3.80. The Bertz CT molecular complexity index is 1150. The van der Waals surface area contributed by atoms with Crippen molar-refractivity contribution >= 4 is 5.97 Å². The van der Waals surface area contributed by atoms with Gasteiger partial charge in [0.15, 0.2) is 0 Å².